The van der Waals surface area contributed by atoms with Crippen molar-refractivity contribution in [1.29, 1.82) is 0 Å². The molecule has 0 fully saturated rings. The SMILES string of the molecule is CCCCNC(C)/C=C/c1ccccc1. The van der Waals surface area contributed by atoms with Crippen LogP contribution in [0.4, 0.5) is 0 Å². The van der Waals surface area contributed by atoms with Crippen molar-refractivity contribution >= 4 is 6.08 Å². The molecular formula is C14H21N. The van der Waals surface area contributed by atoms with Gasteiger partial charge in [0.25, 0.3) is 0 Å². The normalized spacial score (nSPS) is 13.2. The molecule has 0 aliphatic heterocycles. The Balaban J connectivity index is 2.31. The van der Waals surface area contributed by atoms with Gasteiger partial charge in [-0.25, -0.2) is 0 Å². The average molecular weight is 203 g/mol. The molecule has 0 aromatic heterocycles. The molecule has 0 aliphatic rings. The molecule has 1 rings (SSSR count). The first-order valence-corrected chi connectivity index (χ1v) is 5.79. The van der Waals surface area contributed by atoms with Gasteiger partial charge in [-0.1, -0.05) is 55.8 Å². The molecule has 0 amide bonds. The van der Waals surface area contributed by atoms with Gasteiger partial charge in [-0.3, -0.25) is 0 Å². The number of rotatable bonds is 6. The summed E-state index contributed by atoms with van der Waals surface area (Å²) in [5, 5.41) is 3.47. The van der Waals surface area contributed by atoms with Gasteiger partial charge < -0.3 is 5.32 Å². The van der Waals surface area contributed by atoms with E-state index in [4.69, 9.17) is 0 Å². The lowest BCUT2D eigenvalue weighted by atomic mass is 10.2. The van der Waals surface area contributed by atoms with Crippen LogP contribution in [-0.2, 0) is 0 Å². The van der Waals surface area contributed by atoms with Crippen molar-refractivity contribution in [2.45, 2.75) is 32.7 Å². The lowest BCUT2D eigenvalue weighted by Gasteiger charge is -2.08. The number of hydrogen-bond donors (Lipinski definition) is 1. The molecule has 1 atom stereocenters. The molecule has 1 aromatic rings. The van der Waals surface area contributed by atoms with Crippen LogP contribution in [0.15, 0.2) is 36.4 Å². The van der Waals surface area contributed by atoms with E-state index in [1.165, 1.54) is 18.4 Å². The summed E-state index contributed by atoms with van der Waals surface area (Å²) >= 11 is 0. The number of nitrogens with one attached hydrogen (secondary N) is 1. The Morgan fingerprint density at radius 1 is 1.27 bits per heavy atom. The number of benzene rings is 1. The third-order valence-corrected chi connectivity index (χ3v) is 2.37. The first kappa shape index (κ1) is 12.0. The Morgan fingerprint density at radius 3 is 2.67 bits per heavy atom. The zero-order valence-electron chi connectivity index (χ0n) is 9.74. The monoisotopic (exact) mass is 203 g/mol. The maximum atomic E-state index is 3.47. The number of hydrogen-bond acceptors (Lipinski definition) is 1. The van der Waals surface area contributed by atoms with E-state index in [-0.39, 0.29) is 0 Å². The highest BCUT2D eigenvalue weighted by Crippen LogP contribution is 2.01. The second-order valence-electron chi connectivity index (χ2n) is 3.87. The van der Waals surface area contributed by atoms with Crippen LogP contribution in [0.2, 0.25) is 0 Å². The molecule has 1 heteroatoms. The summed E-state index contributed by atoms with van der Waals surface area (Å²) in [6.45, 7) is 5.51. The third-order valence-electron chi connectivity index (χ3n) is 2.37. The molecule has 82 valence electrons. The fourth-order valence-electron chi connectivity index (χ4n) is 1.39. The lowest BCUT2D eigenvalue weighted by Crippen LogP contribution is -2.24. The smallest absolute Gasteiger partial charge is 0.0224 e. The van der Waals surface area contributed by atoms with Crippen molar-refractivity contribution in [2.24, 2.45) is 0 Å². The molecule has 15 heavy (non-hydrogen) atoms. The summed E-state index contributed by atoms with van der Waals surface area (Å²) in [5.74, 6) is 0. The van der Waals surface area contributed by atoms with Crippen molar-refractivity contribution in [3.63, 3.8) is 0 Å². The van der Waals surface area contributed by atoms with Gasteiger partial charge in [0.05, 0.1) is 0 Å². The van der Waals surface area contributed by atoms with E-state index in [2.05, 4.69) is 55.6 Å². The van der Waals surface area contributed by atoms with Crippen molar-refractivity contribution in [3.8, 4) is 0 Å². The first-order valence-electron chi connectivity index (χ1n) is 5.79. The minimum atomic E-state index is 0.455. The average Bonchev–Trinajstić information content (AvgIpc) is 2.28. The predicted octanol–water partition coefficient (Wildman–Crippen LogP) is 3.48. The van der Waals surface area contributed by atoms with Gasteiger partial charge in [0.15, 0.2) is 0 Å². The Kier molecular flexibility index (Phi) is 5.79. The molecule has 0 radical (unpaired) electrons. The summed E-state index contributed by atoms with van der Waals surface area (Å²) in [6.07, 6.45) is 6.89. The van der Waals surface area contributed by atoms with Gasteiger partial charge in [-0.2, -0.15) is 0 Å². The zero-order valence-corrected chi connectivity index (χ0v) is 9.74. The summed E-state index contributed by atoms with van der Waals surface area (Å²) in [7, 11) is 0. The van der Waals surface area contributed by atoms with Crippen molar-refractivity contribution < 1.29 is 0 Å². The summed E-state index contributed by atoms with van der Waals surface area (Å²) in [6, 6.07) is 10.9. The van der Waals surface area contributed by atoms with Crippen LogP contribution >= 0.6 is 0 Å². The summed E-state index contributed by atoms with van der Waals surface area (Å²) < 4.78 is 0. The van der Waals surface area contributed by atoms with Gasteiger partial charge >= 0.3 is 0 Å². The largest absolute Gasteiger partial charge is 0.311 e. The van der Waals surface area contributed by atoms with E-state index in [0.29, 0.717) is 6.04 Å². The van der Waals surface area contributed by atoms with E-state index in [1.807, 2.05) is 6.07 Å². The van der Waals surface area contributed by atoms with Gasteiger partial charge in [0.2, 0.25) is 0 Å². The van der Waals surface area contributed by atoms with Gasteiger partial charge in [0, 0.05) is 6.04 Å². The Bertz CT molecular complexity index is 277. The van der Waals surface area contributed by atoms with E-state index in [9.17, 15) is 0 Å². The maximum Gasteiger partial charge on any atom is 0.0224 e. The van der Waals surface area contributed by atoms with Crippen LogP contribution in [0, 0.1) is 0 Å². The zero-order chi connectivity index (χ0) is 10.9. The molecule has 0 heterocycles. The van der Waals surface area contributed by atoms with Crippen LogP contribution in [0.3, 0.4) is 0 Å². The van der Waals surface area contributed by atoms with Crippen LogP contribution in [-0.4, -0.2) is 12.6 Å². The van der Waals surface area contributed by atoms with E-state index in [0.717, 1.165) is 6.54 Å². The van der Waals surface area contributed by atoms with Crippen molar-refractivity contribution in [2.75, 3.05) is 6.54 Å². The van der Waals surface area contributed by atoms with Crippen LogP contribution < -0.4 is 5.32 Å². The predicted molar refractivity (Wildman–Crippen MR) is 67.8 cm³/mol. The minimum Gasteiger partial charge on any atom is -0.311 e. The molecule has 0 saturated heterocycles. The highest BCUT2D eigenvalue weighted by molar-refractivity contribution is 5.49. The van der Waals surface area contributed by atoms with Crippen LogP contribution in [0.1, 0.15) is 32.3 Å². The Morgan fingerprint density at radius 2 is 2.00 bits per heavy atom. The van der Waals surface area contributed by atoms with Crippen molar-refractivity contribution in [3.05, 3.63) is 42.0 Å². The van der Waals surface area contributed by atoms with Gasteiger partial charge in [-0.05, 0) is 25.5 Å². The van der Waals surface area contributed by atoms with Crippen LogP contribution in [0.25, 0.3) is 6.08 Å². The molecule has 1 aromatic carbocycles. The van der Waals surface area contributed by atoms with Gasteiger partial charge in [-0.15, -0.1) is 0 Å². The molecule has 1 unspecified atom stereocenters. The maximum absolute atomic E-state index is 3.47. The first-order chi connectivity index (χ1) is 7.33. The Labute approximate surface area is 93.2 Å². The molecule has 0 spiro atoms. The van der Waals surface area contributed by atoms with Crippen LogP contribution in [0.5, 0.6) is 0 Å². The topological polar surface area (TPSA) is 12.0 Å². The van der Waals surface area contributed by atoms with Crippen molar-refractivity contribution in [1.82, 2.24) is 5.32 Å². The number of unbranched alkanes of at least 4 members (excludes halogenated alkanes) is 1. The highest BCUT2D eigenvalue weighted by atomic mass is 14.9. The second-order valence-corrected chi connectivity index (χ2v) is 3.87. The molecule has 0 bridgehead atoms. The summed E-state index contributed by atoms with van der Waals surface area (Å²) in [5.41, 5.74) is 1.27. The molecular weight excluding hydrogens is 182 g/mol. The summed E-state index contributed by atoms with van der Waals surface area (Å²) in [4.78, 5) is 0. The third kappa shape index (κ3) is 5.38. The fourth-order valence-corrected chi connectivity index (χ4v) is 1.39. The molecule has 1 nitrogen and oxygen atoms in total. The molecule has 1 N–H and O–H groups in total. The standard InChI is InChI=1S/C14H21N/c1-3-4-12-15-13(2)10-11-14-8-6-5-7-9-14/h5-11,13,15H,3-4,12H2,1-2H3/b11-10+. The quantitative estimate of drug-likeness (QED) is 0.698. The Hall–Kier alpha value is -1.08. The van der Waals surface area contributed by atoms with E-state index < -0.39 is 0 Å². The lowest BCUT2D eigenvalue weighted by molar-refractivity contribution is 0.601. The van der Waals surface area contributed by atoms with E-state index in [1.54, 1.807) is 0 Å². The second kappa shape index (κ2) is 7.24. The molecule has 0 saturated carbocycles. The highest BCUT2D eigenvalue weighted by Gasteiger charge is 1.93. The minimum absolute atomic E-state index is 0.455. The fraction of sp³-hybridized carbons (Fsp3) is 0.429. The molecule has 0 aliphatic carbocycles. The van der Waals surface area contributed by atoms with Gasteiger partial charge in [0.1, 0.15) is 0 Å². The van der Waals surface area contributed by atoms with E-state index >= 15 is 0 Å².